The van der Waals surface area contributed by atoms with Crippen LogP contribution in [0.15, 0.2) is 30.3 Å². The van der Waals surface area contributed by atoms with E-state index in [0.717, 1.165) is 79.1 Å². The Bertz CT molecular complexity index is 1360. The summed E-state index contributed by atoms with van der Waals surface area (Å²) in [5, 5.41) is 10.2. The molecule has 6 nitrogen and oxygen atoms in total. The minimum Gasteiger partial charge on any atom is -0.378 e. The van der Waals surface area contributed by atoms with E-state index in [1.807, 2.05) is 12.1 Å². The van der Waals surface area contributed by atoms with Gasteiger partial charge in [-0.05, 0) is 41.8 Å². The summed E-state index contributed by atoms with van der Waals surface area (Å²) in [6.45, 7) is 12.4. The minimum atomic E-state index is -0.351. The van der Waals surface area contributed by atoms with Crippen molar-refractivity contribution in [2.75, 3.05) is 44.3 Å². The Morgan fingerprint density at radius 2 is 1.89 bits per heavy atom. The van der Waals surface area contributed by atoms with Crippen LogP contribution in [0.3, 0.4) is 0 Å². The Morgan fingerprint density at radius 1 is 1.14 bits per heavy atom. The van der Waals surface area contributed by atoms with Crippen molar-refractivity contribution in [3.05, 3.63) is 63.8 Å². The number of hydrogen-bond acceptors (Lipinski definition) is 5. The molecule has 1 N–H and O–H groups in total. The summed E-state index contributed by atoms with van der Waals surface area (Å²) in [4.78, 5) is 22.4. The lowest BCUT2D eigenvalue weighted by molar-refractivity contribution is -0.0660. The average Bonchev–Trinajstić information content (AvgIpc) is 3.21. The van der Waals surface area contributed by atoms with Gasteiger partial charge in [0.15, 0.2) is 5.78 Å². The Balaban J connectivity index is 0.00000253. The summed E-state index contributed by atoms with van der Waals surface area (Å²) < 4.78 is 5.39. The van der Waals surface area contributed by atoms with Crippen molar-refractivity contribution in [1.82, 2.24) is 9.88 Å². The number of H-pyrrole nitrogens is 1. The fourth-order valence-corrected chi connectivity index (χ4v) is 5.92. The zero-order valence-corrected chi connectivity index (χ0v) is 21.3. The SMILES string of the molecule is CCc1cc2c(cc1N1CCN(C3COC3)CC1)C(C)(C)c1[nH]c3cc(C#N)ccc3c1C2=O.Cl. The molecule has 7 heteroatoms. The van der Waals surface area contributed by atoms with Crippen LogP contribution in [0.25, 0.3) is 10.9 Å². The third-order valence-corrected chi connectivity index (χ3v) is 8.09. The molecule has 3 aliphatic rings. The molecule has 0 spiro atoms. The summed E-state index contributed by atoms with van der Waals surface area (Å²) >= 11 is 0. The number of nitrogens with zero attached hydrogens (tertiary/aromatic N) is 3. The first kappa shape index (κ1) is 23.9. The van der Waals surface area contributed by atoms with E-state index in [1.54, 1.807) is 6.07 Å². The predicted octanol–water partition coefficient (Wildman–Crippen LogP) is 4.41. The smallest absolute Gasteiger partial charge is 0.195 e. The number of carbonyl (C=O) groups is 1. The van der Waals surface area contributed by atoms with Crippen molar-refractivity contribution in [2.45, 2.75) is 38.6 Å². The van der Waals surface area contributed by atoms with Gasteiger partial charge >= 0.3 is 0 Å². The largest absolute Gasteiger partial charge is 0.378 e. The fourth-order valence-electron chi connectivity index (χ4n) is 5.92. The summed E-state index contributed by atoms with van der Waals surface area (Å²) in [5.41, 5.74) is 7.19. The highest BCUT2D eigenvalue weighted by Gasteiger charge is 2.41. The summed E-state index contributed by atoms with van der Waals surface area (Å²) in [7, 11) is 0. The molecule has 2 fully saturated rings. The van der Waals surface area contributed by atoms with Gasteiger partial charge in [0, 0.05) is 59.4 Å². The number of fused-ring (bicyclic) bond motifs is 4. The third kappa shape index (κ3) is 3.57. The maximum absolute atomic E-state index is 13.8. The topological polar surface area (TPSA) is 72.4 Å². The van der Waals surface area contributed by atoms with Crippen LogP contribution in [-0.2, 0) is 16.6 Å². The molecule has 0 radical (unpaired) electrons. The zero-order valence-electron chi connectivity index (χ0n) is 20.5. The summed E-state index contributed by atoms with van der Waals surface area (Å²) in [6, 6.07) is 12.8. The number of halogens is 1. The lowest BCUT2D eigenvalue weighted by Gasteiger charge is -2.44. The molecule has 182 valence electrons. The number of ether oxygens (including phenoxy) is 1. The van der Waals surface area contributed by atoms with Crippen LogP contribution in [0.2, 0.25) is 0 Å². The normalized spacial score (nSPS) is 19.5. The number of piperazine rings is 1. The fraction of sp³-hybridized carbons (Fsp3) is 0.429. The predicted molar refractivity (Wildman–Crippen MR) is 140 cm³/mol. The first-order valence-corrected chi connectivity index (χ1v) is 12.3. The van der Waals surface area contributed by atoms with Crippen molar-refractivity contribution in [3.8, 4) is 6.07 Å². The number of aromatic amines is 1. The van der Waals surface area contributed by atoms with Crippen LogP contribution in [-0.4, -0.2) is 61.1 Å². The van der Waals surface area contributed by atoms with Gasteiger partial charge in [0.2, 0.25) is 0 Å². The second kappa shape index (κ2) is 8.67. The molecule has 6 rings (SSSR count). The molecule has 1 aliphatic carbocycles. The van der Waals surface area contributed by atoms with Gasteiger partial charge in [0.1, 0.15) is 0 Å². The zero-order chi connectivity index (χ0) is 23.6. The van der Waals surface area contributed by atoms with Gasteiger partial charge in [-0.25, -0.2) is 0 Å². The molecule has 0 saturated carbocycles. The van der Waals surface area contributed by atoms with Gasteiger partial charge in [-0.2, -0.15) is 5.26 Å². The van der Waals surface area contributed by atoms with Gasteiger partial charge in [0.25, 0.3) is 0 Å². The maximum atomic E-state index is 13.8. The number of aromatic nitrogens is 1. The Kier molecular flexibility index (Phi) is 5.91. The maximum Gasteiger partial charge on any atom is 0.195 e. The van der Waals surface area contributed by atoms with E-state index >= 15 is 0 Å². The molecule has 1 aromatic heterocycles. The van der Waals surface area contributed by atoms with Crippen molar-refractivity contribution in [3.63, 3.8) is 0 Å². The van der Waals surface area contributed by atoms with E-state index < -0.39 is 0 Å². The number of anilines is 1. The molecule has 3 aromatic rings. The van der Waals surface area contributed by atoms with Crippen LogP contribution in [0.5, 0.6) is 0 Å². The number of aryl methyl sites for hydroxylation is 1. The van der Waals surface area contributed by atoms with Crippen LogP contribution in [0.4, 0.5) is 5.69 Å². The Morgan fingerprint density at radius 3 is 2.51 bits per heavy atom. The molecular formula is C28H31ClN4O2. The molecule has 35 heavy (non-hydrogen) atoms. The first-order valence-electron chi connectivity index (χ1n) is 12.3. The summed E-state index contributed by atoms with van der Waals surface area (Å²) in [5.74, 6) is 0.0799. The number of ketones is 1. The van der Waals surface area contributed by atoms with Gasteiger partial charge in [-0.1, -0.05) is 26.8 Å². The van der Waals surface area contributed by atoms with E-state index in [0.29, 0.717) is 11.6 Å². The molecule has 0 amide bonds. The molecular weight excluding hydrogens is 460 g/mol. The minimum absolute atomic E-state index is 0. The van der Waals surface area contributed by atoms with Crippen molar-refractivity contribution >= 4 is 34.8 Å². The molecule has 0 bridgehead atoms. The Hall–Kier alpha value is -2.85. The van der Waals surface area contributed by atoms with Crippen molar-refractivity contribution < 1.29 is 9.53 Å². The quantitative estimate of drug-likeness (QED) is 0.588. The Labute approximate surface area is 212 Å². The number of carbonyl (C=O) groups excluding carboxylic acids is 1. The number of rotatable bonds is 3. The number of benzene rings is 2. The number of nitriles is 1. The highest BCUT2D eigenvalue weighted by atomic mass is 35.5. The second-order valence-corrected chi connectivity index (χ2v) is 10.3. The average molecular weight is 491 g/mol. The summed E-state index contributed by atoms with van der Waals surface area (Å²) in [6.07, 6.45) is 0.888. The van der Waals surface area contributed by atoms with E-state index in [2.05, 4.69) is 53.8 Å². The number of nitrogens with one attached hydrogen (secondary N) is 1. The van der Waals surface area contributed by atoms with E-state index in [9.17, 15) is 10.1 Å². The molecule has 2 saturated heterocycles. The monoisotopic (exact) mass is 490 g/mol. The highest BCUT2D eigenvalue weighted by molar-refractivity contribution is 6.20. The van der Waals surface area contributed by atoms with E-state index in [-0.39, 0.29) is 23.6 Å². The van der Waals surface area contributed by atoms with Gasteiger partial charge < -0.3 is 14.6 Å². The molecule has 0 unspecified atom stereocenters. The third-order valence-electron chi connectivity index (χ3n) is 8.09. The standard InChI is InChI=1S/C28H30N4O2.ClH/c1-4-18-12-21-22(13-24(18)32-9-7-31(8-10-32)19-15-34-16-19)28(2,3)27-25(26(21)33)20-6-5-17(14-29)11-23(20)30-27;/h5-6,11-13,19,30H,4,7-10,15-16H2,1-3H3;1H. The van der Waals surface area contributed by atoms with Crippen LogP contribution < -0.4 is 4.90 Å². The molecule has 2 aromatic carbocycles. The van der Waals surface area contributed by atoms with Crippen LogP contribution in [0.1, 0.15) is 59.1 Å². The van der Waals surface area contributed by atoms with Crippen molar-refractivity contribution in [1.29, 1.82) is 5.26 Å². The highest BCUT2D eigenvalue weighted by Crippen LogP contribution is 2.45. The van der Waals surface area contributed by atoms with E-state index in [4.69, 9.17) is 4.74 Å². The van der Waals surface area contributed by atoms with Gasteiger partial charge in [-0.3, -0.25) is 9.69 Å². The van der Waals surface area contributed by atoms with E-state index in [1.165, 1.54) is 11.3 Å². The number of hydrogen-bond donors (Lipinski definition) is 1. The van der Waals surface area contributed by atoms with Crippen LogP contribution in [0, 0.1) is 11.3 Å². The molecule has 0 atom stereocenters. The van der Waals surface area contributed by atoms with Gasteiger partial charge in [0.05, 0.1) is 36.5 Å². The lowest BCUT2D eigenvalue weighted by atomic mass is 9.70. The first-order chi connectivity index (χ1) is 16.4. The van der Waals surface area contributed by atoms with Crippen LogP contribution >= 0.6 is 12.4 Å². The van der Waals surface area contributed by atoms with Crippen molar-refractivity contribution in [2.24, 2.45) is 0 Å². The molecule has 2 aliphatic heterocycles. The lowest BCUT2D eigenvalue weighted by Crippen LogP contribution is -2.56. The second-order valence-electron chi connectivity index (χ2n) is 10.3. The molecule has 3 heterocycles. The van der Waals surface area contributed by atoms with Gasteiger partial charge in [-0.15, -0.1) is 12.4 Å².